The van der Waals surface area contributed by atoms with Crippen molar-refractivity contribution in [2.75, 3.05) is 24.8 Å². The van der Waals surface area contributed by atoms with Gasteiger partial charge in [0.25, 0.3) is 5.91 Å². The highest BCUT2D eigenvalue weighted by molar-refractivity contribution is 6.05. The lowest BCUT2D eigenvalue weighted by molar-refractivity contribution is 0.0599. The highest BCUT2D eigenvalue weighted by atomic mass is 16.5. The molecule has 1 amide bonds. The maximum atomic E-state index is 12.5. The molecular weight excluding hydrogens is 420 g/mol. The third-order valence-corrected chi connectivity index (χ3v) is 5.36. The lowest BCUT2D eigenvalue weighted by Gasteiger charge is -2.18. The molecule has 7 nitrogen and oxygen atoms in total. The Kier molecular flexibility index (Phi) is 6.51. The number of nitrogens with two attached hydrogens (primary N) is 1. The van der Waals surface area contributed by atoms with Crippen LogP contribution in [0.4, 0.5) is 11.4 Å². The molecule has 7 heteroatoms. The summed E-state index contributed by atoms with van der Waals surface area (Å²) in [4.78, 5) is 12.5. The van der Waals surface area contributed by atoms with Gasteiger partial charge in [-0.15, -0.1) is 0 Å². The second kappa shape index (κ2) is 9.67. The maximum absolute atomic E-state index is 12.5. The number of carbonyl (C=O) groups excluding carboxylic acids is 1. The number of nitrogen functional groups attached to an aromatic ring is 1. The molecule has 0 saturated heterocycles. The molecule has 4 rings (SSSR count). The minimum absolute atomic E-state index is 0.000989. The van der Waals surface area contributed by atoms with Gasteiger partial charge < -0.3 is 30.4 Å². The first-order valence-electron chi connectivity index (χ1n) is 10.6. The second-order valence-corrected chi connectivity index (χ2v) is 7.53. The van der Waals surface area contributed by atoms with Gasteiger partial charge in [-0.1, -0.05) is 36.4 Å². The number of nitrogens with one attached hydrogen (secondary N) is 1. The summed E-state index contributed by atoms with van der Waals surface area (Å²) in [7, 11) is 1.53. The van der Waals surface area contributed by atoms with Crippen LogP contribution in [0, 0.1) is 0 Å². The molecule has 3 aromatic rings. The Hall–Kier alpha value is -3.97. The molecule has 170 valence electrons. The van der Waals surface area contributed by atoms with Crippen molar-refractivity contribution in [2.24, 2.45) is 0 Å². The fourth-order valence-corrected chi connectivity index (χ4v) is 3.67. The quantitative estimate of drug-likeness (QED) is 0.349. The number of anilines is 2. The first-order chi connectivity index (χ1) is 16.0. The van der Waals surface area contributed by atoms with Crippen LogP contribution in [0.2, 0.25) is 0 Å². The average molecular weight is 447 g/mol. The van der Waals surface area contributed by atoms with E-state index in [0.29, 0.717) is 35.0 Å². The number of amides is 1. The van der Waals surface area contributed by atoms with Crippen molar-refractivity contribution >= 4 is 17.3 Å². The van der Waals surface area contributed by atoms with Crippen molar-refractivity contribution in [1.29, 1.82) is 0 Å². The summed E-state index contributed by atoms with van der Waals surface area (Å²) in [6.45, 7) is 2.25. The number of benzene rings is 3. The van der Waals surface area contributed by atoms with E-state index in [2.05, 4.69) is 5.32 Å². The summed E-state index contributed by atoms with van der Waals surface area (Å²) in [5, 5.41) is 13.2. The smallest absolute Gasteiger partial charge is 0.255 e. The lowest BCUT2D eigenvalue weighted by atomic mass is 10.1. The van der Waals surface area contributed by atoms with Gasteiger partial charge in [0.2, 0.25) is 5.75 Å². The van der Waals surface area contributed by atoms with E-state index in [-0.39, 0.29) is 23.9 Å². The molecule has 1 aliphatic rings. The van der Waals surface area contributed by atoms with Crippen LogP contribution in [0.3, 0.4) is 0 Å². The zero-order chi connectivity index (χ0) is 23.4. The molecule has 0 fully saturated rings. The SMILES string of the molecule is CCOc1c(O)cc(C2C=CC(c3ccc(C(=O)Nc4ccccc4N)cc3)O2)cc1OC. The number of hydrogen-bond acceptors (Lipinski definition) is 6. The molecule has 0 saturated carbocycles. The summed E-state index contributed by atoms with van der Waals surface area (Å²) in [6, 6.07) is 17.7. The lowest BCUT2D eigenvalue weighted by Crippen LogP contribution is -2.13. The third kappa shape index (κ3) is 4.78. The summed E-state index contributed by atoms with van der Waals surface area (Å²) < 4.78 is 17.0. The van der Waals surface area contributed by atoms with E-state index in [1.165, 1.54) is 7.11 Å². The second-order valence-electron chi connectivity index (χ2n) is 7.53. The van der Waals surface area contributed by atoms with Gasteiger partial charge in [-0.25, -0.2) is 0 Å². The largest absolute Gasteiger partial charge is 0.504 e. The Morgan fingerprint density at radius 1 is 1.06 bits per heavy atom. The first-order valence-corrected chi connectivity index (χ1v) is 10.6. The molecule has 3 aromatic carbocycles. The molecule has 4 N–H and O–H groups in total. The van der Waals surface area contributed by atoms with Crippen molar-refractivity contribution in [2.45, 2.75) is 19.1 Å². The van der Waals surface area contributed by atoms with Crippen LogP contribution >= 0.6 is 0 Å². The molecular formula is C26H26N2O5. The Morgan fingerprint density at radius 3 is 2.42 bits per heavy atom. The Bertz CT molecular complexity index is 1170. The van der Waals surface area contributed by atoms with Gasteiger partial charge in [-0.05, 0) is 54.4 Å². The molecule has 1 aliphatic heterocycles. The van der Waals surface area contributed by atoms with Gasteiger partial charge >= 0.3 is 0 Å². The van der Waals surface area contributed by atoms with E-state index in [9.17, 15) is 9.90 Å². The minimum Gasteiger partial charge on any atom is -0.504 e. The van der Waals surface area contributed by atoms with Gasteiger partial charge in [0.1, 0.15) is 12.2 Å². The van der Waals surface area contributed by atoms with Crippen molar-refractivity contribution in [1.82, 2.24) is 0 Å². The molecule has 0 spiro atoms. The van der Waals surface area contributed by atoms with E-state index in [1.54, 1.807) is 36.4 Å². The predicted octanol–water partition coefficient (Wildman–Crippen LogP) is 5.00. The van der Waals surface area contributed by atoms with Crippen LogP contribution in [0.15, 0.2) is 72.8 Å². The van der Waals surface area contributed by atoms with Crippen molar-refractivity contribution in [3.8, 4) is 17.2 Å². The Balaban J connectivity index is 1.45. The van der Waals surface area contributed by atoms with Crippen molar-refractivity contribution in [3.05, 3.63) is 89.5 Å². The number of para-hydroxylation sites is 2. The minimum atomic E-state index is -0.352. The molecule has 2 atom stereocenters. The monoisotopic (exact) mass is 446 g/mol. The molecule has 1 heterocycles. The van der Waals surface area contributed by atoms with Gasteiger partial charge in [-0.2, -0.15) is 0 Å². The number of ether oxygens (including phenoxy) is 3. The summed E-state index contributed by atoms with van der Waals surface area (Å²) >= 11 is 0. The highest BCUT2D eigenvalue weighted by Gasteiger charge is 2.25. The molecule has 0 radical (unpaired) electrons. The molecule has 33 heavy (non-hydrogen) atoms. The van der Waals surface area contributed by atoms with Gasteiger partial charge in [0.05, 0.1) is 25.1 Å². The van der Waals surface area contributed by atoms with Crippen LogP contribution in [0.5, 0.6) is 17.2 Å². The van der Waals surface area contributed by atoms with Gasteiger partial charge in [0.15, 0.2) is 11.5 Å². The van der Waals surface area contributed by atoms with Crippen LogP contribution in [-0.2, 0) is 4.74 Å². The van der Waals surface area contributed by atoms with Gasteiger partial charge in [0, 0.05) is 5.56 Å². The number of rotatable bonds is 7. The van der Waals surface area contributed by atoms with Crippen LogP contribution in [0.25, 0.3) is 0 Å². The van der Waals surface area contributed by atoms with Crippen molar-refractivity contribution < 1.29 is 24.1 Å². The maximum Gasteiger partial charge on any atom is 0.255 e. The van der Waals surface area contributed by atoms with Crippen LogP contribution in [0.1, 0.15) is 40.6 Å². The number of hydrogen-bond donors (Lipinski definition) is 3. The summed E-state index contributed by atoms with van der Waals surface area (Å²) in [5.74, 6) is 0.522. The summed E-state index contributed by atoms with van der Waals surface area (Å²) in [6.07, 6.45) is 3.24. The predicted molar refractivity (Wildman–Crippen MR) is 127 cm³/mol. The van der Waals surface area contributed by atoms with Gasteiger partial charge in [-0.3, -0.25) is 4.79 Å². The van der Waals surface area contributed by atoms with Crippen molar-refractivity contribution in [3.63, 3.8) is 0 Å². The highest BCUT2D eigenvalue weighted by Crippen LogP contribution is 2.43. The van der Waals surface area contributed by atoms with E-state index in [1.807, 2.05) is 43.3 Å². The first kappa shape index (κ1) is 22.2. The molecule has 0 bridgehead atoms. The Morgan fingerprint density at radius 2 is 1.76 bits per heavy atom. The molecule has 0 aliphatic carbocycles. The normalized spacial score (nSPS) is 17.0. The fourth-order valence-electron chi connectivity index (χ4n) is 3.67. The van der Waals surface area contributed by atoms with E-state index in [0.717, 1.165) is 11.1 Å². The van der Waals surface area contributed by atoms with E-state index >= 15 is 0 Å². The number of phenolic OH excluding ortho intramolecular Hbond substituents is 1. The number of aromatic hydroxyl groups is 1. The fraction of sp³-hybridized carbons (Fsp3) is 0.192. The zero-order valence-electron chi connectivity index (χ0n) is 18.4. The van der Waals surface area contributed by atoms with E-state index < -0.39 is 0 Å². The number of methoxy groups -OCH3 is 1. The standard InChI is InChI=1S/C26H26N2O5/c1-3-32-25-21(29)14-18(15-24(25)31-2)23-13-12-22(33-23)16-8-10-17(11-9-16)26(30)28-20-7-5-4-6-19(20)27/h4-15,22-23,29H,3,27H2,1-2H3,(H,28,30). The van der Waals surface area contributed by atoms with Crippen LogP contribution < -0.4 is 20.5 Å². The summed E-state index contributed by atoms with van der Waals surface area (Å²) in [5.41, 5.74) is 9.16. The molecule has 2 unspecified atom stereocenters. The topological polar surface area (TPSA) is 103 Å². The number of carbonyl (C=O) groups is 1. The van der Waals surface area contributed by atoms with E-state index in [4.69, 9.17) is 19.9 Å². The Labute approximate surface area is 192 Å². The van der Waals surface area contributed by atoms with Crippen LogP contribution in [-0.4, -0.2) is 24.7 Å². The third-order valence-electron chi connectivity index (χ3n) is 5.36. The number of phenols is 1. The average Bonchev–Trinajstić information content (AvgIpc) is 3.32. The molecule has 0 aromatic heterocycles. The zero-order valence-corrected chi connectivity index (χ0v) is 18.4.